The van der Waals surface area contributed by atoms with Gasteiger partial charge >= 0.3 is 0 Å². The highest BCUT2D eigenvalue weighted by Gasteiger charge is 1.97. The number of aliphatic hydroxyl groups is 1. The minimum absolute atomic E-state index is 0.262. The molecule has 1 aromatic heterocycles. The summed E-state index contributed by atoms with van der Waals surface area (Å²) in [7, 11) is 0. The molecule has 4 nitrogen and oxygen atoms in total. The van der Waals surface area contributed by atoms with Crippen LogP contribution >= 0.6 is 0 Å². The molecule has 0 amide bonds. The van der Waals surface area contributed by atoms with Gasteiger partial charge in [-0.15, -0.1) is 0 Å². The SMILES string of the molecule is CCNc1cncc(NCCC(C)O)c1. The first-order valence-corrected chi connectivity index (χ1v) is 5.33. The number of nitrogens with zero attached hydrogens (tertiary/aromatic N) is 1. The zero-order valence-corrected chi connectivity index (χ0v) is 9.33. The molecule has 1 aromatic rings. The first-order chi connectivity index (χ1) is 7.22. The van der Waals surface area contributed by atoms with Gasteiger partial charge in [-0.05, 0) is 26.3 Å². The molecule has 0 fully saturated rings. The molecule has 0 aromatic carbocycles. The van der Waals surface area contributed by atoms with E-state index < -0.39 is 0 Å². The average molecular weight is 209 g/mol. The highest BCUT2D eigenvalue weighted by molar-refractivity contribution is 5.53. The number of aromatic nitrogens is 1. The molecule has 3 N–H and O–H groups in total. The number of nitrogens with one attached hydrogen (secondary N) is 2. The fourth-order valence-electron chi connectivity index (χ4n) is 1.26. The third-order valence-corrected chi connectivity index (χ3v) is 2.01. The summed E-state index contributed by atoms with van der Waals surface area (Å²) in [6, 6.07) is 2.01. The van der Waals surface area contributed by atoms with E-state index in [1.807, 2.05) is 13.0 Å². The highest BCUT2D eigenvalue weighted by atomic mass is 16.3. The second-order valence-corrected chi connectivity index (χ2v) is 3.56. The smallest absolute Gasteiger partial charge is 0.0547 e. The molecule has 0 aliphatic heterocycles. The van der Waals surface area contributed by atoms with Gasteiger partial charge in [0.15, 0.2) is 0 Å². The number of hydrogen-bond acceptors (Lipinski definition) is 4. The van der Waals surface area contributed by atoms with Crippen molar-refractivity contribution in [3.05, 3.63) is 18.5 Å². The molecule has 84 valence electrons. The van der Waals surface area contributed by atoms with Gasteiger partial charge in [-0.2, -0.15) is 0 Å². The molecule has 0 radical (unpaired) electrons. The third-order valence-electron chi connectivity index (χ3n) is 2.01. The van der Waals surface area contributed by atoms with Crippen LogP contribution in [0.4, 0.5) is 11.4 Å². The summed E-state index contributed by atoms with van der Waals surface area (Å²) >= 11 is 0. The summed E-state index contributed by atoms with van der Waals surface area (Å²) in [5.74, 6) is 0. The normalized spacial score (nSPS) is 12.2. The molecule has 0 saturated heterocycles. The number of anilines is 2. The van der Waals surface area contributed by atoms with Crippen molar-refractivity contribution in [3.8, 4) is 0 Å². The average Bonchev–Trinajstić information content (AvgIpc) is 2.18. The van der Waals surface area contributed by atoms with Crippen molar-refractivity contribution in [1.29, 1.82) is 0 Å². The predicted octanol–water partition coefficient (Wildman–Crippen LogP) is 1.70. The zero-order chi connectivity index (χ0) is 11.1. The standard InChI is InChI=1S/C11H19N3O/c1-3-13-10-6-11(8-12-7-10)14-5-4-9(2)15/h6-9,13-15H,3-5H2,1-2H3. The number of aliphatic hydroxyl groups excluding tert-OH is 1. The van der Waals surface area contributed by atoms with Crippen LogP contribution in [0.3, 0.4) is 0 Å². The second-order valence-electron chi connectivity index (χ2n) is 3.56. The fourth-order valence-corrected chi connectivity index (χ4v) is 1.26. The van der Waals surface area contributed by atoms with Gasteiger partial charge in [-0.25, -0.2) is 0 Å². The molecule has 0 bridgehead atoms. The fraction of sp³-hybridized carbons (Fsp3) is 0.545. The monoisotopic (exact) mass is 209 g/mol. The lowest BCUT2D eigenvalue weighted by Gasteiger charge is -2.09. The molecule has 1 rings (SSSR count). The Balaban J connectivity index is 2.43. The Morgan fingerprint density at radius 1 is 1.33 bits per heavy atom. The van der Waals surface area contributed by atoms with E-state index in [1.165, 1.54) is 0 Å². The van der Waals surface area contributed by atoms with Gasteiger partial charge in [0, 0.05) is 13.1 Å². The Labute approximate surface area is 90.7 Å². The van der Waals surface area contributed by atoms with Gasteiger partial charge in [0.05, 0.1) is 29.9 Å². The predicted molar refractivity (Wildman–Crippen MR) is 63.2 cm³/mol. The summed E-state index contributed by atoms with van der Waals surface area (Å²) in [6.45, 7) is 5.48. The molecule has 4 heteroatoms. The van der Waals surface area contributed by atoms with Crippen LogP contribution in [0, 0.1) is 0 Å². The topological polar surface area (TPSA) is 57.2 Å². The molecule has 1 heterocycles. The van der Waals surface area contributed by atoms with Crippen LogP contribution < -0.4 is 10.6 Å². The summed E-state index contributed by atoms with van der Waals surface area (Å²) in [6.07, 6.45) is 4.06. The van der Waals surface area contributed by atoms with Gasteiger partial charge in [-0.1, -0.05) is 0 Å². The van der Waals surface area contributed by atoms with Crippen molar-refractivity contribution in [2.75, 3.05) is 23.7 Å². The van der Waals surface area contributed by atoms with E-state index in [9.17, 15) is 0 Å². The van der Waals surface area contributed by atoms with E-state index >= 15 is 0 Å². The van der Waals surface area contributed by atoms with E-state index in [0.717, 1.165) is 30.9 Å². The Morgan fingerprint density at radius 3 is 2.60 bits per heavy atom. The van der Waals surface area contributed by atoms with Crippen molar-refractivity contribution in [1.82, 2.24) is 4.98 Å². The largest absolute Gasteiger partial charge is 0.393 e. The van der Waals surface area contributed by atoms with Gasteiger partial charge in [0.1, 0.15) is 0 Å². The molecule has 0 aliphatic rings. The Hall–Kier alpha value is -1.29. The van der Waals surface area contributed by atoms with E-state index in [2.05, 4.69) is 15.6 Å². The maximum atomic E-state index is 9.10. The van der Waals surface area contributed by atoms with Gasteiger partial charge in [0.2, 0.25) is 0 Å². The molecule has 0 spiro atoms. The number of rotatable bonds is 6. The van der Waals surface area contributed by atoms with E-state index in [4.69, 9.17) is 5.11 Å². The van der Waals surface area contributed by atoms with Gasteiger partial charge in [0.25, 0.3) is 0 Å². The third kappa shape index (κ3) is 4.65. The van der Waals surface area contributed by atoms with Crippen molar-refractivity contribution >= 4 is 11.4 Å². The van der Waals surface area contributed by atoms with Gasteiger partial charge < -0.3 is 15.7 Å². The molecule has 0 aliphatic carbocycles. The zero-order valence-electron chi connectivity index (χ0n) is 9.33. The van der Waals surface area contributed by atoms with Crippen molar-refractivity contribution in [2.24, 2.45) is 0 Å². The summed E-state index contributed by atoms with van der Waals surface area (Å²) in [5.41, 5.74) is 1.99. The van der Waals surface area contributed by atoms with Crippen LogP contribution in [-0.2, 0) is 0 Å². The van der Waals surface area contributed by atoms with E-state index in [-0.39, 0.29) is 6.10 Å². The van der Waals surface area contributed by atoms with E-state index in [1.54, 1.807) is 19.3 Å². The second kappa shape index (κ2) is 6.24. The summed E-state index contributed by atoms with van der Waals surface area (Å²) in [4.78, 5) is 4.11. The first kappa shape index (κ1) is 11.8. The minimum Gasteiger partial charge on any atom is -0.393 e. The first-order valence-electron chi connectivity index (χ1n) is 5.33. The van der Waals surface area contributed by atoms with Crippen molar-refractivity contribution in [2.45, 2.75) is 26.4 Å². The lowest BCUT2D eigenvalue weighted by Crippen LogP contribution is -2.10. The van der Waals surface area contributed by atoms with Crippen LogP contribution in [0.1, 0.15) is 20.3 Å². The molecular formula is C11H19N3O. The summed E-state index contributed by atoms with van der Waals surface area (Å²) < 4.78 is 0. The van der Waals surface area contributed by atoms with Crippen LogP contribution in [0.5, 0.6) is 0 Å². The quantitative estimate of drug-likeness (QED) is 0.667. The maximum Gasteiger partial charge on any atom is 0.0547 e. The van der Waals surface area contributed by atoms with Crippen LogP contribution in [0.25, 0.3) is 0 Å². The lowest BCUT2D eigenvalue weighted by atomic mass is 10.3. The maximum absolute atomic E-state index is 9.10. The molecule has 0 saturated carbocycles. The highest BCUT2D eigenvalue weighted by Crippen LogP contribution is 2.12. The Kier molecular flexibility index (Phi) is 4.90. The number of pyridine rings is 1. The molecule has 1 atom stereocenters. The lowest BCUT2D eigenvalue weighted by molar-refractivity contribution is 0.189. The van der Waals surface area contributed by atoms with Crippen molar-refractivity contribution < 1.29 is 5.11 Å². The number of hydrogen-bond donors (Lipinski definition) is 3. The Morgan fingerprint density at radius 2 is 2.00 bits per heavy atom. The van der Waals surface area contributed by atoms with Gasteiger partial charge in [-0.3, -0.25) is 4.98 Å². The van der Waals surface area contributed by atoms with E-state index in [0.29, 0.717) is 0 Å². The van der Waals surface area contributed by atoms with Crippen molar-refractivity contribution in [3.63, 3.8) is 0 Å². The summed E-state index contributed by atoms with van der Waals surface area (Å²) in [5, 5.41) is 15.5. The molecule has 15 heavy (non-hydrogen) atoms. The minimum atomic E-state index is -0.262. The Bertz CT molecular complexity index is 289. The van der Waals surface area contributed by atoms with Crippen LogP contribution in [-0.4, -0.2) is 29.3 Å². The van der Waals surface area contributed by atoms with Crippen LogP contribution in [0.15, 0.2) is 18.5 Å². The van der Waals surface area contributed by atoms with Crippen LogP contribution in [0.2, 0.25) is 0 Å². The molecular weight excluding hydrogens is 190 g/mol. The molecule has 1 unspecified atom stereocenters.